The van der Waals surface area contributed by atoms with Crippen molar-refractivity contribution < 1.29 is 14.7 Å². The molecular weight excluding hydrogens is 240 g/mol. The van der Waals surface area contributed by atoms with Gasteiger partial charge in [0.05, 0.1) is 6.10 Å². The molecule has 0 saturated heterocycles. The Kier molecular flexibility index (Phi) is 5.14. The molecule has 2 saturated carbocycles. The van der Waals surface area contributed by atoms with Crippen molar-refractivity contribution >= 4 is 11.6 Å². The van der Waals surface area contributed by atoms with E-state index in [9.17, 15) is 14.7 Å². The van der Waals surface area contributed by atoms with Gasteiger partial charge in [0.1, 0.15) is 11.6 Å². The number of ketones is 2. The van der Waals surface area contributed by atoms with E-state index in [0.29, 0.717) is 25.7 Å². The van der Waals surface area contributed by atoms with Crippen molar-refractivity contribution in [2.75, 3.05) is 0 Å². The van der Waals surface area contributed by atoms with Crippen LogP contribution in [0, 0.1) is 17.8 Å². The van der Waals surface area contributed by atoms with Gasteiger partial charge in [-0.15, -0.1) is 0 Å². The van der Waals surface area contributed by atoms with Crippen LogP contribution < -0.4 is 0 Å². The van der Waals surface area contributed by atoms with Crippen LogP contribution in [0.25, 0.3) is 0 Å². The highest BCUT2D eigenvalue weighted by Gasteiger charge is 2.50. The minimum Gasteiger partial charge on any atom is -0.392 e. The maximum absolute atomic E-state index is 12.3. The van der Waals surface area contributed by atoms with E-state index >= 15 is 0 Å². The molecule has 0 aromatic heterocycles. The Labute approximate surface area is 115 Å². The van der Waals surface area contributed by atoms with Crippen molar-refractivity contribution in [3.05, 3.63) is 0 Å². The number of fused-ring (bicyclic) bond motifs is 1. The second kappa shape index (κ2) is 6.65. The largest absolute Gasteiger partial charge is 0.392 e. The third kappa shape index (κ3) is 3.44. The topological polar surface area (TPSA) is 54.4 Å². The number of carbonyl (C=O) groups is 2. The molecule has 3 nitrogen and oxygen atoms in total. The number of hydrogen-bond acceptors (Lipinski definition) is 3. The number of carbonyl (C=O) groups excluding carboxylic acids is 2. The summed E-state index contributed by atoms with van der Waals surface area (Å²) in [5.74, 6) is 0.652. The predicted molar refractivity (Wildman–Crippen MR) is 73.7 cm³/mol. The van der Waals surface area contributed by atoms with E-state index in [2.05, 4.69) is 6.92 Å². The molecule has 2 aliphatic rings. The van der Waals surface area contributed by atoms with Gasteiger partial charge in [0.15, 0.2) is 0 Å². The molecule has 0 spiro atoms. The first-order valence-corrected chi connectivity index (χ1v) is 7.86. The molecule has 2 aliphatic carbocycles. The minimum absolute atomic E-state index is 0.144. The Hall–Kier alpha value is -0.700. The molecule has 0 amide bonds. The zero-order valence-electron chi connectivity index (χ0n) is 11.9. The van der Waals surface area contributed by atoms with E-state index in [1.54, 1.807) is 0 Å². The Morgan fingerprint density at radius 3 is 2.68 bits per heavy atom. The number of aliphatic hydroxyl groups excluding tert-OH is 1. The highest BCUT2D eigenvalue weighted by molar-refractivity contribution is 5.86. The summed E-state index contributed by atoms with van der Waals surface area (Å²) in [7, 11) is 0. The number of hydrogen-bond donors (Lipinski definition) is 1. The second-order valence-corrected chi connectivity index (χ2v) is 6.33. The molecule has 0 heterocycles. The van der Waals surface area contributed by atoms with Crippen LogP contribution in [0.15, 0.2) is 0 Å². The Balaban J connectivity index is 1.79. The van der Waals surface area contributed by atoms with E-state index in [4.69, 9.17) is 0 Å². The molecule has 1 N–H and O–H groups in total. The molecule has 0 radical (unpaired) electrons. The Morgan fingerprint density at radius 2 is 1.95 bits per heavy atom. The van der Waals surface area contributed by atoms with E-state index in [0.717, 1.165) is 12.8 Å². The lowest BCUT2D eigenvalue weighted by Gasteiger charge is -2.19. The van der Waals surface area contributed by atoms with E-state index in [1.807, 2.05) is 0 Å². The van der Waals surface area contributed by atoms with Crippen LogP contribution in [0.4, 0.5) is 0 Å². The maximum Gasteiger partial charge on any atom is 0.138 e. The molecule has 0 aromatic carbocycles. The van der Waals surface area contributed by atoms with Crippen molar-refractivity contribution in [2.24, 2.45) is 17.8 Å². The maximum atomic E-state index is 12.3. The Bertz CT molecular complexity index is 337. The van der Waals surface area contributed by atoms with E-state index in [-0.39, 0.29) is 29.3 Å². The number of unbranched alkanes of at least 4 members (excludes halogenated alkanes) is 4. The third-order valence-electron chi connectivity index (χ3n) is 4.88. The van der Waals surface area contributed by atoms with Crippen LogP contribution in [-0.4, -0.2) is 22.8 Å². The fourth-order valence-corrected chi connectivity index (χ4v) is 3.90. The van der Waals surface area contributed by atoms with Gasteiger partial charge in [-0.2, -0.15) is 0 Å². The molecule has 19 heavy (non-hydrogen) atoms. The van der Waals surface area contributed by atoms with Gasteiger partial charge in [-0.25, -0.2) is 0 Å². The van der Waals surface area contributed by atoms with Gasteiger partial charge in [-0.1, -0.05) is 32.6 Å². The molecule has 0 bridgehead atoms. The highest BCUT2D eigenvalue weighted by atomic mass is 16.3. The first-order chi connectivity index (χ1) is 9.13. The molecule has 0 aromatic rings. The standard InChI is InChI=1S/C16H26O3/c1-2-3-4-5-6-7-14(18)16-13-10-12(17)8-11(13)9-15(16)19/h11,13,15-16,19H,2-10H2,1H3/t11?,13?,15-,16+/m1/s1. The predicted octanol–water partition coefficient (Wildman–Crippen LogP) is 2.89. The summed E-state index contributed by atoms with van der Waals surface area (Å²) in [6.45, 7) is 2.18. The first kappa shape index (κ1) is 14.7. The summed E-state index contributed by atoms with van der Waals surface area (Å²) in [6, 6.07) is 0. The molecule has 2 rings (SSSR count). The van der Waals surface area contributed by atoms with Crippen LogP contribution in [0.1, 0.15) is 64.7 Å². The lowest BCUT2D eigenvalue weighted by Crippen LogP contribution is -2.28. The van der Waals surface area contributed by atoms with Crippen molar-refractivity contribution in [1.29, 1.82) is 0 Å². The molecule has 108 valence electrons. The van der Waals surface area contributed by atoms with Crippen LogP contribution in [0.3, 0.4) is 0 Å². The van der Waals surface area contributed by atoms with Crippen molar-refractivity contribution in [3.63, 3.8) is 0 Å². The van der Waals surface area contributed by atoms with Gasteiger partial charge < -0.3 is 5.11 Å². The molecule has 2 fully saturated rings. The normalized spacial score (nSPS) is 33.7. The molecule has 2 unspecified atom stereocenters. The minimum atomic E-state index is -0.494. The molecule has 0 aliphatic heterocycles. The van der Waals surface area contributed by atoms with Gasteiger partial charge in [0.2, 0.25) is 0 Å². The van der Waals surface area contributed by atoms with E-state index < -0.39 is 6.10 Å². The van der Waals surface area contributed by atoms with Crippen LogP contribution in [0.5, 0.6) is 0 Å². The SMILES string of the molecule is CCCCCCCC(=O)[C@@H]1C2CC(=O)CC2C[C@H]1O. The van der Waals surface area contributed by atoms with Crippen LogP contribution in [-0.2, 0) is 9.59 Å². The summed E-state index contributed by atoms with van der Waals surface area (Å²) in [4.78, 5) is 23.7. The number of rotatable bonds is 7. The van der Waals surface area contributed by atoms with Gasteiger partial charge in [0.25, 0.3) is 0 Å². The average Bonchev–Trinajstić information content (AvgIpc) is 2.83. The average molecular weight is 266 g/mol. The smallest absolute Gasteiger partial charge is 0.138 e. The summed E-state index contributed by atoms with van der Waals surface area (Å²) in [5.41, 5.74) is 0. The lowest BCUT2D eigenvalue weighted by atomic mass is 9.86. The lowest BCUT2D eigenvalue weighted by molar-refractivity contribution is -0.127. The zero-order valence-corrected chi connectivity index (χ0v) is 11.9. The monoisotopic (exact) mass is 266 g/mol. The fraction of sp³-hybridized carbons (Fsp3) is 0.875. The van der Waals surface area contributed by atoms with Gasteiger partial charge in [-0.3, -0.25) is 9.59 Å². The van der Waals surface area contributed by atoms with Gasteiger partial charge in [-0.05, 0) is 24.7 Å². The second-order valence-electron chi connectivity index (χ2n) is 6.33. The first-order valence-electron chi connectivity index (χ1n) is 7.86. The van der Waals surface area contributed by atoms with Gasteiger partial charge >= 0.3 is 0 Å². The fourth-order valence-electron chi connectivity index (χ4n) is 3.90. The van der Waals surface area contributed by atoms with Crippen molar-refractivity contribution in [1.82, 2.24) is 0 Å². The Morgan fingerprint density at radius 1 is 1.21 bits per heavy atom. The molecule has 4 atom stereocenters. The summed E-state index contributed by atoms with van der Waals surface area (Å²) < 4.78 is 0. The summed E-state index contributed by atoms with van der Waals surface area (Å²) >= 11 is 0. The van der Waals surface area contributed by atoms with Crippen LogP contribution >= 0.6 is 0 Å². The highest BCUT2D eigenvalue weighted by Crippen LogP contribution is 2.47. The van der Waals surface area contributed by atoms with E-state index in [1.165, 1.54) is 19.3 Å². The zero-order chi connectivity index (χ0) is 13.8. The number of Topliss-reactive ketones (excluding diaryl/α,β-unsaturated/α-hetero) is 2. The molecule has 3 heteroatoms. The van der Waals surface area contributed by atoms with Crippen LogP contribution in [0.2, 0.25) is 0 Å². The third-order valence-corrected chi connectivity index (χ3v) is 4.88. The molecular formula is C16H26O3. The quantitative estimate of drug-likeness (QED) is 0.721. The number of aliphatic hydroxyl groups is 1. The summed E-state index contributed by atoms with van der Waals surface area (Å²) in [5, 5.41) is 10.1. The van der Waals surface area contributed by atoms with Crippen molar-refractivity contribution in [2.45, 2.75) is 70.8 Å². The summed E-state index contributed by atoms with van der Waals surface area (Å²) in [6.07, 6.45) is 7.54. The van der Waals surface area contributed by atoms with Crippen molar-refractivity contribution in [3.8, 4) is 0 Å². The van der Waals surface area contributed by atoms with Gasteiger partial charge in [0, 0.05) is 25.2 Å².